The van der Waals surface area contributed by atoms with E-state index in [1.807, 2.05) is 43.3 Å². The highest BCUT2D eigenvalue weighted by molar-refractivity contribution is 6.99. The van der Waals surface area contributed by atoms with E-state index < -0.39 is 0 Å². The number of carbonyl (C=O) groups is 1. The maximum absolute atomic E-state index is 13.0. The van der Waals surface area contributed by atoms with Crippen LogP contribution in [-0.4, -0.2) is 26.1 Å². The molecule has 3 aromatic rings. The molecule has 1 heterocycles. The van der Waals surface area contributed by atoms with Crippen LogP contribution in [0.25, 0.3) is 0 Å². The zero-order valence-corrected chi connectivity index (χ0v) is 17.0. The number of carbonyl (C=O) groups excluding carboxylic acids is 1. The molecule has 0 unspecified atom stereocenters. The van der Waals surface area contributed by atoms with Gasteiger partial charge in [-0.05, 0) is 42.8 Å². The van der Waals surface area contributed by atoms with Gasteiger partial charge < -0.3 is 9.64 Å². The maximum atomic E-state index is 13.0. The van der Waals surface area contributed by atoms with Crippen molar-refractivity contribution in [2.75, 3.05) is 6.54 Å². The third kappa shape index (κ3) is 5.18. The summed E-state index contributed by atoms with van der Waals surface area (Å²) in [5.41, 5.74) is 3.22. The van der Waals surface area contributed by atoms with Crippen molar-refractivity contribution in [2.24, 2.45) is 0 Å². The molecule has 7 heteroatoms. The first-order valence-corrected chi connectivity index (χ1v) is 9.83. The lowest BCUT2D eigenvalue weighted by Crippen LogP contribution is -2.30. The Morgan fingerprint density at radius 3 is 2.71 bits per heavy atom. The predicted octanol–water partition coefficient (Wildman–Crippen LogP) is 4.91. The summed E-state index contributed by atoms with van der Waals surface area (Å²) in [5.74, 6) is 0.523. The first kappa shape index (κ1) is 20.0. The summed E-state index contributed by atoms with van der Waals surface area (Å²) in [7, 11) is 0. The number of aromatic nitrogens is 2. The quantitative estimate of drug-likeness (QED) is 0.492. The molecule has 0 saturated carbocycles. The van der Waals surface area contributed by atoms with Crippen molar-refractivity contribution < 1.29 is 9.53 Å². The molecule has 0 aliphatic rings. The number of hydrogen-bond donors (Lipinski definition) is 0. The molecule has 0 saturated heterocycles. The van der Waals surface area contributed by atoms with Crippen LogP contribution in [0.1, 0.15) is 27.3 Å². The summed E-state index contributed by atoms with van der Waals surface area (Å²) in [6, 6.07) is 14.6. The third-order valence-corrected chi connectivity index (χ3v) is 5.04. The molecule has 3 rings (SSSR count). The van der Waals surface area contributed by atoms with Crippen LogP contribution >= 0.6 is 23.3 Å². The Bertz CT molecular complexity index is 956. The van der Waals surface area contributed by atoms with Crippen molar-refractivity contribution in [3.8, 4) is 5.75 Å². The second kappa shape index (κ2) is 9.48. The first-order valence-electron chi connectivity index (χ1n) is 8.72. The molecular weight excluding hydrogens is 394 g/mol. The van der Waals surface area contributed by atoms with Crippen LogP contribution in [0.3, 0.4) is 0 Å². The molecule has 0 aliphatic carbocycles. The van der Waals surface area contributed by atoms with E-state index in [4.69, 9.17) is 16.3 Å². The van der Waals surface area contributed by atoms with Gasteiger partial charge in [-0.1, -0.05) is 35.9 Å². The first-order chi connectivity index (χ1) is 13.6. The third-order valence-electron chi connectivity index (χ3n) is 4.13. The van der Waals surface area contributed by atoms with Gasteiger partial charge in [0.2, 0.25) is 0 Å². The van der Waals surface area contributed by atoms with E-state index >= 15 is 0 Å². The second-order valence-electron chi connectivity index (χ2n) is 6.21. The highest BCUT2D eigenvalue weighted by atomic mass is 35.5. The van der Waals surface area contributed by atoms with Crippen molar-refractivity contribution in [1.82, 2.24) is 13.6 Å². The minimum Gasteiger partial charge on any atom is -0.487 e. The number of hydrogen-bond acceptors (Lipinski definition) is 5. The number of benzene rings is 2. The highest BCUT2D eigenvalue weighted by Gasteiger charge is 2.16. The molecule has 0 aliphatic heterocycles. The zero-order valence-electron chi connectivity index (χ0n) is 15.5. The molecular formula is C21H20ClN3O2S. The van der Waals surface area contributed by atoms with Crippen LogP contribution in [-0.2, 0) is 13.2 Å². The smallest absolute Gasteiger partial charge is 0.254 e. The fourth-order valence-corrected chi connectivity index (χ4v) is 3.30. The standard InChI is InChI=1S/C21H20ClN3O2S/c1-3-11-25(13-16-7-9-18(22)10-8-16)21(26)17-5-4-6-19(12-17)27-14-20-15(2)23-28-24-20/h3-10,12H,1,11,13-14H2,2H3. The van der Waals surface area contributed by atoms with Gasteiger partial charge >= 0.3 is 0 Å². The van der Waals surface area contributed by atoms with E-state index in [1.54, 1.807) is 23.1 Å². The molecule has 144 valence electrons. The monoisotopic (exact) mass is 413 g/mol. The average molecular weight is 414 g/mol. The van der Waals surface area contributed by atoms with Crippen molar-refractivity contribution in [3.05, 3.63) is 88.7 Å². The predicted molar refractivity (Wildman–Crippen MR) is 112 cm³/mol. The van der Waals surface area contributed by atoms with Gasteiger partial charge in [0.1, 0.15) is 18.1 Å². The second-order valence-corrected chi connectivity index (χ2v) is 7.18. The molecule has 0 fully saturated rings. The van der Waals surface area contributed by atoms with E-state index in [0.29, 0.717) is 36.0 Å². The lowest BCUT2D eigenvalue weighted by Gasteiger charge is -2.21. The summed E-state index contributed by atoms with van der Waals surface area (Å²) in [6.07, 6.45) is 1.71. The van der Waals surface area contributed by atoms with E-state index in [9.17, 15) is 4.79 Å². The van der Waals surface area contributed by atoms with Gasteiger partial charge in [-0.15, -0.1) is 6.58 Å². The summed E-state index contributed by atoms with van der Waals surface area (Å²) in [4.78, 5) is 14.7. The fraction of sp³-hybridized carbons (Fsp3) is 0.190. The topological polar surface area (TPSA) is 55.3 Å². The molecule has 2 aromatic carbocycles. The largest absolute Gasteiger partial charge is 0.487 e. The molecule has 5 nitrogen and oxygen atoms in total. The molecule has 1 amide bonds. The lowest BCUT2D eigenvalue weighted by atomic mass is 10.1. The number of amides is 1. The zero-order chi connectivity index (χ0) is 19.9. The lowest BCUT2D eigenvalue weighted by molar-refractivity contribution is 0.0762. The Kier molecular flexibility index (Phi) is 6.79. The Hall–Kier alpha value is -2.70. The van der Waals surface area contributed by atoms with Gasteiger partial charge in [0.05, 0.1) is 17.4 Å². The highest BCUT2D eigenvalue weighted by Crippen LogP contribution is 2.19. The molecule has 0 bridgehead atoms. The Balaban J connectivity index is 1.72. The minimum atomic E-state index is -0.0909. The van der Waals surface area contributed by atoms with Gasteiger partial charge in [-0.25, -0.2) is 0 Å². The number of rotatable bonds is 8. The molecule has 0 atom stereocenters. The summed E-state index contributed by atoms with van der Waals surface area (Å²) in [5, 5.41) is 0.667. The summed E-state index contributed by atoms with van der Waals surface area (Å²) in [6.45, 7) is 6.89. The van der Waals surface area contributed by atoms with E-state index in [-0.39, 0.29) is 5.91 Å². The van der Waals surface area contributed by atoms with Crippen molar-refractivity contribution in [2.45, 2.75) is 20.1 Å². The van der Waals surface area contributed by atoms with E-state index in [1.165, 1.54) is 0 Å². The fourth-order valence-electron chi connectivity index (χ4n) is 2.62. The Labute approximate surface area is 173 Å². The Morgan fingerprint density at radius 1 is 1.25 bits per heavy atom. The van der Waals surface area contributed by atoms with Gasteiger partial charge in [-0.2, -0.15) is 8.75 Å². The summed E-state index contributed by atoms with van der Waals surface area (Å²) < 4.78 is 14.1. The number of halogens is 1. The van der Waals surface area contributed by atoms with Crippen LogP contribution < -0.4 is 4.74 Å². The normalized spacial score (nSPS) is 10.5. The van der Waals surface area contributed by atoms with Gasteiger partial charge in [0.15, 0.2) is 0 Å². The minimum absolute atomic E-state index is 0.0909. The van der Waals surface area contributed by atoms with E-state index in [0.717, 1.165) is 28.7 Å². The van der Waals surface area contributed by atoms with Crippen molar-refractivity contribution in [3.63, 3.8) is 0 Å². The number of ether oxygens (including phenoxy) is 1. The van der Waals surface area contributed by atoms with Crippen LogP contribution in [0.15, 0.2) is 61.2 Å². The van der Waals surface area contributed by atoms with Gasteiger partial charge in [0, 0.05) is 23.7 Å². The molecule has 0 spiro atoms. The van der Waals surface area contributed by atoms with E-state index in [2.05, 4.69) is 15.3 Å². The SMILES string of the molecule is C=CCN(Cc1ccc(Cl)cc1)C(=O)c1cccc(OCc2nsnc2C)c1. The number of nitrogens with zero attached hydrogens (tertiary/aromatic N) is 3. The molecule has 28 heavy (non-hydrogen) atoms. The molecule has 1 aromatic heterocycles. The van der Waals surface area contributed by atoms with Gasteiger partial charge in [-0.3, -0.25) is 4.79 Å². The van der Waals surface area contributed by atoms with Crippen LogP contribution in [0.2, 0.25) is 5.02 Å². The number of aryl methyl sites for hydroxylation is 1. The van der Waals surface area contributed by atoms with Crippen LogP contribution in [0.5, 0.6) is 5.75 Å². The Morgan fingerprint density at radius 2 is 2.04 bits per heavy atom. The summed E-state index contributed by atoms with van der Waals surface area (Å²) >= 11 is 7.11. The van der Waals surface area contributed by atoms with Crippen LogP contribution in [0, 0.1) is 6.92 Å². The van der Waals surface area contributed by atoms with Crippen molar-refractivity contribution in [1.29, 1.82) is 0 Å². The van der Waals surface area contributed by atoms with Crippen molar-refractivity contribution >= 4 is 29.2 Å². The molecule has 0 N–H and O–H groups in total. The molecule has 0 radical (unpaired) electrons. The van der Waals surface area contributed by atoms with Crippen LogP contribution in [0.4, 0.5) is 0 Å². The van der Waals surface area contributed by atoms with Gasteiger partial charge in [0.25, 0.3) is 5.91 Å². The average Bonchev–Trinajstić information content (AvgIpc) is 3.12. The maximum Gasteiger partial charge on any atom is 0.254 e.